The van der Waals surface area contributed by atoms with Gasteiger partial charge < -0.3 is 0 Å². The van der Waals surface area contributed by atoms with E-state index in [1.54, 1.807) is 42.5 Å². The fourth-order valence-corrected chi connectivity index (χ4v) is 2.94. The van der Waals surface area contributed by atoms with Gasteiger partial charge in [0.1, 0.15) is 13.6 Å². The van der Waals surface area contributed by atoms with Crippen molar-refractivity contribution in [2.45, 2.75) is 4.90 Å². The van der Waals surface area contributed by atoms with Crippen LogP contribution in [0.5, 0.6) is 0 Å². The molecule has 2 aromatic rings. The molecule has 96 valence electrons. The van der Waals surface area contributed by atoms with E-state index in [1.165, 1.54) is 12.1 Å². The van der Waals surface area contributed by atoms with E-state index in [0.29, 0.717) is 5.56 Å². The summed E-state index contributed by atoms with van der Waals surface area (Å²) < 4.78 is 24.2. The first-order valence-corrected chi connectivity index (χ1v) is 7.52. The molecule has 0 fully saturated rings. The Morgan fingerprint density at radius 2 is 1.53 bits per heavy atom. The Labute approximate surface area is 113 Å². The van der Waals surface area contributed by atoms with Crippen LogP contribution in [0.3, 0.4) is 0 Å². The van der Waals surface area contributed by atoms with E-state index in [1.807, 2.05) is 7.85 Å². The van der Waals surface area contributed by atoms with Crippen molar-refractivity contribution >= 4 is 28.9 Å². The third-order valence-corrected chi connectivity index (χ3v) is 4.43. The molecule has 0 radical (unpaired) electrons. The van der Waals surface area contributed by atoms with Gasteiger partial charge in [0.2, 0.25) is 0 Å². The third kappa shape index (κ3) is 3.32. The molecule has 0 aliphatic rings. The van der Waals surface area contributed by atoms with Crippen LogP contribution in [-0.2, 0) is 9.84 Å². The number of ketones is 1. The Balaban J connectivity index is 2.23. The van der Waals surface area contributed by atoms with Crippen LogP contribution in [0, 0.1) is 0 Å². The molecule has 19 heavy (non-hydrogen) atoms. The smallest absolute Gasteiger partial charge is 0.185 e. The van der Waals surface area contributed by atoms with Gasteiger partial charge in [-0.2, -0.15) is 0 Å². The summed E-state index contributed by atoms with van der Waals surface area (Å²) in [7, 11) is -1.69. The summed E-state index contributed by atoms with van der Waals surface area (Å²) in [6.45, 7) is 0. The number of carbonyl (C=O) groups is 1. The number of rotatable bonds is 4. The maximum absolute atomic E-state index is 12.1. The van der Waals surface area contributed by atoms with Gasteiger partial charge in [-0.15, -0.1) is 0 Å². The molecule has 0 saturated carbocycles. The topological polar surface area (TPSA) is 51.2 Å². The van der Waals surface area contributed by atoms with Gasteiger partial charge in [0.25, 0.3) is 0 Å². The summed E-state index contributed by atoms with van der Waals surface area (Å²) in [4.78, 5) is 12.1. The lowest BCUT2D eigenvalue weighted by Crippen LogP contribution is -2.17. The quantitative estimate of drug-likeness (QED) is 0.605. The normalized spacial score (nSPS) is 11.2. The molecular formula is C14H13BO3S. The molecule has 0 atom stereocenters. The van der Waals surface area contributed by atoms with Gasteiger partial charge in [-0.1, -0.05) is 47.9 Å². The Morgan fingerprint density at radius 3 is 2.11 bits per heavy atom. The highest BCUT2D eigenvalue weighted by Crippen LogP contribution is 2.11. The number of hydrogen-bond acceptors (Lipinski definition) is 3. The lowest BCUT2D eigenvalue weighted by molar-refractivity contribution is 0.102. The zero-order chi connectivity index (χ0) is 13.9. The summed E-state index contributed by atoms with van der Waals surface area (Å²) >= 11 is 0. The molecule has 0 N–H and O–H groups in total. The average Bonchev–Trinajstić information content (AvgIpc) is 2.40. The second-order valence-corrected chi connectivity index (χ2v) is 6.35. The van der Waals surface area contributed by atoms with Gasteiger partial charge in [-0.05, 0) is 12.1 Å². The number of benzene rings is 2. The Morgan fingerprint density at radius 1 is 0.947 bits per heavy atom. The second kappa shape index (κ2) is 5.40. The van der Waals surface area contributed by atoms with Crippen molar-refractivity contribution in [3.63, 3.8) is 0 Å². The van der Waals surface area contributed by atoms with E-state index in [2.05, 4.69) is 0 Å². The van der Waals surface area contributed by atoms with Crippen molar-refractivity contribution < 1.29 is 13.2 Å². The van der Waals surface area contributed by atoms with E-state index >= 15 is 0 Å². The van der Waals surface area contributed by atoms with Gasteiger partial charge in [-0.25, -0.2) is 8.42 Å². The first kappa shape index (κ1) is 13.6. The van der Waals surface area contributed by atoms with E-state index < -0.39 is 15.6 Å². The van der Waals surface area contributed by atoms with Crippen LogP contribution in [0.15, 0.2) is 59.5 Å². The van der Waals surface area contributed by atoms with Crippen LogP contribution in [0.1, 0.15) is 10.4 Å². The first-order valence-electron chi connectivity index (χ1n) is 5.87. The molecule has 0 saturated heterocycles. The van der Waals surface area contributed by atoms with Crippen molar-refractivity contribution in [2.24, 2.45) is 0 Å². The fourth-order valence-electron chi connectivity index (χ4n) is 1.71. The highest BCUT2D eigenvalue weighted by Gasteiger charge is 2.19. The van der Waals surface area contributed by atoms with E-state index in [9.17, 15) is 13.2 Å². The predicted molar refractivity (Wildman–Crippen MR) is 77.4 cm³/mol. The second-order valence-electron chi connectivity index (χ2n) is 4.36. The summed E-state index contributed by atoms with van der Waals surface area (Å²) in [5.74, 6) is -0.888. The summed E-state index contributed by atoms with van der Waals surface area (Å²) in [5, 5.41) is 0. The molecule has 0 unspecified atom stereocenters. The summed E-state index contributed by atoms with van der Waals surface area (Å²) in [6, 6.07) is 15.0. The molecule has 0 heterocycles. The Hall–Kier alpha value is -1.88. The van der Waals surface area contributed by atoms with E-state index in [0.717, 1.165) is 5.46 Å². The molecule has 2 aromatic carbocycles. The molecular weight excluding hydrogens is 259 g/mol. The van der Waals surface area contributed by atoms with Crippen molar-refractivity contribution in [2.75, 3.05) is 5.75 Å². The lowest BCUT2D eigenvalue weighted by Gasteiger charge is -2.04. The van der Waals surface area contributed by atoms with Crippen molar-refractivity contribution in [3.05, 3.63) is 60.2 Å². The minimum Gasteiger partial charge on any atom is -0.293 e. The van der Waals surface area contributed by atoms with Crippen LogP contribution < -0.4 is 5.46 Å². The molecule has 0 aromatic heterocycles. The maximum Gasteiger partial charge on any atom is 0.185 e. The van der Waals surface area contributed by atoms with Gasteiger partial charge in [0, 0.05) is 5.56 Å². The number of Topliss-reactive ketones (excluding diaryl/α,β-unsaturated/α-hetero) is 1. The fraction of sp³-hybridized carbons (Fsp3) is 0.0714. The van der Waals surface area contributed by atoms with Crippen LogP contribution >= 0.6 is 0 Å². The van der Waals surface area contributed by atoms with E-state index in [-0.39, 0.29) is 10.7 Å². The van der Waals surface area contributed by atoms with Crippen molar-refractivity contribution in [1.82, 2.24) is 0 Å². The molecule has 0 spiro atoms. The van der Waals surface area contributed by atoms with Gasteiger partial charge in [-0.3, -0.25) is 4.79 Å². The SMILES string of the molecule is Bc1ccc(S(=O)(=O)CC(=O)c2ccccc2)cc1. The monoisotopic (exact) mass is 272 g/mol. The van der Waals surface area contributed by atoms with Crippen molar-refractivity contribution in [1.29, 1.82) is 0 Å². The minimum atomic E-state index is -3.57. The summed E-state index contributed by atoms with van der Waals surface area (Å²) in [5.41, 5.74) is 1.39. The largest absolute Gasteiger partial charge is 0.293 e. The van der Waals surface area contributed by atoms with Crippen molar-refractivity contribution in [3.8, 4) is 0 Å². The first-order chi connectivity index (χ1) is 8.99. The lowest BCUT2D eigenvalue weighted by atomic mass is 9.97. The predicted octanol–water partition coefficient (Wildman–Crippen LogP) is 0.602. The Bertz CT molecular complexity index is 676. The van der Waals surface area contributed by atoms with Gasteiger partial charge >= 0.3 is 0 Å². The van der Waals surface area contributed by atoms with Crippen LogP contribution in [0.4, 0.5) is 0 Å². The van der Waals surface area contributed by atoms with Crippen LogP contribution in [-0.4, -0.2) is 27.8 Å². The number of carbonyl (C=O) groups excluding carboxylic acids is 1. The third-order valence-electron chi connectivity index (χ3n) is 2.80. The van der Waals surface area contributed by atoms with Crippen LogP contribution in [0.2, 0.25) is 0 Å². The molecule has 0 bridgehead atoms. The van der Waals surface area contributed by atoms with Crippen LogP contribution in [0.25, 0.3) is 0 Å². The zero-order valence-corrected chi connectivity index (χ0v) is 11.4. The molecule has 5 heteroatoms. The molecule has 0 aliphatic heterocycles. The highest BCUT2D eigenvalue weighted by atomic mass is 32.2. The molecule has 0 amide bonds. The average molecular weight is 272 g/mol. The highest BCUT2D eigenvalue weighted by molar-refractivity contribution is 7.92. The standard InChI is InChI=1S/C14H13BO3S/c15-12-6-8-13(9-7-12)19(17,18)10-14(16)11-4-2-1-3-5-11/h1-9H,10,15H2. The number of hydrogen-bond donors (Lipinski definition) is 0. The molecule has 3 nitrogen and oxygen atoms in total. The molecule has 0 aliphatic carbocycles. The van der Waals surface area contributed by atoms with Gasteiger partial charge in [0.05, 0.1) is 4.90 Å². The van der Waals surface area contributed by atoms with Gasteiger partial charge in [0.15, 0.2) is 15.6 Å². The molecule has 2 rings (SSSR count). The Kier molecular flexibility index (Phi) is 3.86. The minimum absolute atomic E-state index is 0.183. The van der Waals surface area contributed by atoms with E-state index in [4.69, 9.17) is 0 Å². The number of sulfone groups is 1. The zero-order valence-electron chi connectivity index (χ0n) is 10.5. The maximum atomic E-state index is 12.1. The summed E-state index contributed by atoms with van der Waals surface area (Å²) in [6.07, 6.45) is 0.